The van der Waals surface area contributed by atoms with E-state index in [1.807, 2.05) is 13.8 Å². The highest BCUT2D eigenvalue weighted by molar-refractivity contribution is 5.74. The number of hydroxylamine groups is 2. The molecule has 0 saturated heterocycles. The molecule has 0 bridgehead atoms. The van der Waals surface area contributed by atoms with E-state index in [2.05, 4.69) is 4.84 Å². The first-order valence-electron chi connectivity index (χ1n) is 3.53. The van der Waals surface area contributed by atoms with Crippen LogP contribution < -0.4 is 0 Å². The normalized spacial score (nSPS) is 7.70. The molecule has 0 radical (unpaired) electrons. The molecule has 0 aliphatic carbocycles. The fourth-order valence-electron chi connectivity index (χ4n) is 0.324. The van der Waals surface area contributed by atoms with Crippen molar-refractivity contribution in [3.05, 3.63) is 0 Å². The first-order valence-corrected chi connectivity index (χ1v) is 3.53. The van der Waals surface area contributed by atoms with Crippen LogP contribution in [0.15, 0.2) is 0 Å². The molecule has 0 atom stereocenters. The van der Waals surface area contributed by atoms with Crippen molar-refractivity contribution < 1.29 is 9.63 Å². The van der Waals surface area contributed by atoms with Crippen LogP contribution in [0.25, 0.3) is 0 Å². The van der Waals surface area contributed by atoms with Gasteiger partial charge in [-0.2, -0.15) is 0 Å². The van der Waals surface area contributed by atoms with E-state index in [0.717, 1.165) is 0 Å². The molecule has 0 aliphatic heterocycles. The first kappa shape index (κ1) is 12.1. The molecule has 0 rings (SSSR count). The van der Waals surface area contributed by atoms with Gasteiger partial charge in [0, 0.05) is 13.5 Å². The summed E-state index contributed by atoms with van der Waals surface area (Å²) in [5.41, 5.74) is 0. The van der Waals surface area contributed by atoms with E-state index in [9.17, 15) is 4.79 Å². The first-order chi connectivity index (χ1) is 4.72. The molecule has 0 heterocycles. The predicted molar refractivity (Wildman–Crippen MR) is 41.4 cm³/mol. The topological polar surface area (TPSA) is 29.5 Å². The zero-order valence-electron chi connectivity index (χ0n) is 7.47. The molecule has 0 N–H and O–H groups in total. The highest BCUT2D eigenvalue weighted by Crippen LogP contribution is 1.86. The van der Waals surface area contributed by atoms with Crippen LogP contribution in [0.2, 0.25) is 0 Å². The fraction of sp³-hybridized carbons (Fsp3) is 0.857. The van der Waals surface area contributed by atoms with Crippen LogP contribution in [0.1, 0.15) is 27.2 Å². The number of carbonyl (C=O) groups is 1. The molecular weight excluding hydrogens is 130 g/mol. The zero-order valence-corrected chi connectivity index (χ0v) is 7.47. The Morgan fingerprint density at radius 2 is 1.90 bits per heavy atom. The summed E-state index contributed by atoms with van der Waals surface area (Å²) in [7, 11) is 3.05. The Morgan fingerprint density at radius 1 is 1.50 bits per heavy atom. The lowest BCUT2D eigenvalue weighted by Gasteiger charge is -2.10. The van der Waals surface area contributed by atoms with Crippen molar-refractivity contribution in [2.45, 2.75) is 27.2 Å². The Balaban J connectivity index is 0. The van der Waals surface area contributed by atoms with Crippen molar-refractivity contribution in [2.24, 2.45) is 0 Å². The van der Waals surface area contributed by atoms with Gasteiger partial charge in [0.1, 0.15) is 0 Å². The predicted octanol–water partition coefficient (Wildman–Crippen LogP) is 1.44. The van der Waals surface area contributed by atoms with Gasteiger partial charge in [0.25, 0.3) is 0 Å². The quantitative estimate of drug-likeness (QED) is 0.553. The van der Waals surface area contributed by atoms with E-state index in [1.165, 1.54) is 12.2 Å². The molecule has 0 saturated carbocycles. The van der Waals surface area contributed by atoms with Crippen LogP contribution in [-0.2, 0) is 9.63 Å². The Labute approximate surface area is 62.9 Å². The average molecular weight is 147 g/mol. The van der Waals surface area contributed by atoms with Gasteiger partial charge >= 0.3 is 0 Å². The molecule has 0 aromatic heterocycles. The second-order valence-corrected chi connectivity index (χ2v) is 1.43. The summed E-state index contributed by atoms with van der Waals surface area (Å²) in [5, 5.41) is 1.21. The molecule has 0 fully saturated rings. The van der Waals surface area contributed by atoms with Crippen LogP contribution in [0.4, 0.5) is 0 Å². The Bertz CT molecular complexity index is 83.7. The van der Waals surface area contributed by atoms with Crippen molar-refractivity contribution in [3.8, 4) is 0 Å². The van der Waals surface area contributed by atoms with Gasteiger partial charge in [-0.15, -0.1) is 0 Å². The minimum atomic E-state index is -0.00694. The summed E-state index contributed by atoms with van der Waals surface area (Å²) in [6.45, 7) is 5.79. The molecule has 62 valence electrons. The minimum Gasteiger partial charge on any atom is -0.275 e. The molecule has 0 aromatic rings. The minimum absolute atomic E-state index is 0.00694. The van der Waals surface area contributed by atoms with E-state index in [4.69, 9.17) is 0 Å². The molecular formula is C7H17NO2. The maximum atomic E-state index is 10.5. The van der Waals surface area contributed by atoms with Gasteiger partial charge in [0.2, 0.25) is 5.91 Å². The Morgan fingerprint density at radius 3 is 2.00 bits per heavy atom. The van der Waals surface area contributed by atoms with Crippen LogP contribution >= 0.6 is 0 Å². The summed E-state index contributed by atoms with van der Waals surface area (Å²) >= 11 is 0. The summed E-state index contributed by atoms with van der Waals surface area (Å²) in [6.07, 6.45) is 0.490. The number of hydrogen-bond acceptors (Lipinski definition) is 2. The van der Waals surface area contributed by atoms with Gasteiger partial charge < -0.3 is 0 Å². The SMILES string of the molecule is CC.CCC(=O)N(C)OC. The van der Waals surface area contributed by atoms with Crippen molar-refractivity contribution in [3.63, 3.8) is 0 Å². The summed E-state index contributed by atoms with van der Waals surface area (Å²) < 4.78 is 0. The van der Waals surface area contributed by atoms with Crippen molar-refractivity contribution in [1.82, 2.24) is 5.06 Å². The van der Waals surface area contributed by atoms with Crippen LogP contribution in [-0.4, -0.2) is 25.1 Å². The lowest BCUT2D eigenvalue weighted by atomic mass is 10.5. The molecule has 3 nitrogen and oxygen atoms in total. The lowest BCUT2D eigenvalue weighted by molar-refractivity contribution is -0.168. The molecule has 10 heavy (non-hydrogen) atoms. The highest BCUT2D eigenvalue weighted by atomic mass is 16.7. The van der Waals surface area contributed by atoms with Gasteiger partial charge in [0.15, 0.2) is 0 Å². The largest absolute Gasteiger partial charge is 0.275 e. The summed E-state index contributed by atoms with van der Waals surface area (Å²) in [6, 6.07) is 0. The average Bonchev–Trinajstić information content (AvgIpc) is 2.05. The van der Waals surface area contributed by atoms with Crippen LogP contribution in [0.5, 0.6) is 0 Å². The zero-order chi connectivity index (χ0) is 8.57. The van der Waals surface area contributed by atoms with Crippen LogP contribution in [0, 0.1) is 0 Å². The van der Waals surface area contributed by atoms with E-state index in [0.29, 0.717) is 6.42 Å². The smallest absolute Gasteiger partial charge is 0.245 e. The number of rotatable bonds is 2. The van der Waals surface area contributed by atoms with Gasteiger partial charge in [-0.3, -0.25) is 9.63 Å². The molecule has 3 heteroatoms. The summed E-state index contributed by atoms with van der Waals surface area (Å²) in [4.78, 5) is 15.1. The Hall–Kier alpha value is -0.570. The summed E-state index contributed by atoms with van der Waals surface area (Å²) in [5.74, 6) is -0.00694. The third kappa shape index (κ3) is 5.56. The van der Waals surface area contributed by atoms with Gasteiger partial charge in [-0.05, 0) is 0 Å². The number of hydrogen-bond donors (Lipinski definition) is 0. The molecule has 0 aliphatic rings. The van der Waals surface area contributed by atoms with E-state index < -0.39 is 0 Å². The van der Waals surface area contributed by atoms with Gasteiger partial charge in [0.05, 0.1) is 7.11 Å². The number of carbonyl (C=O) groups excluding carboxylic acids is 1. The number of amides is 1. The third-order valence-electron chi connectivity index (χ3n) is 0.928. The standard InChI is InChI=1S/C5H11NO2.C2H6/c1-4-5(7)6(2)8-3;1-2/h4H2,1-3H3;1-2H3. The Kier molecular flexibility index (Phi) is 10.2. The molecule has 0 unspecified atom stereocenters. The van der Waals surface area contributed by atoms with Gasteiger partial charge in [-0.25, -0.2) is 5.06 Å². The van der Waals surface area contributed by atoms with Gasteiger partial charge in [-0.1, -0.05) is 20.8 Å². The second kappa shape index (κ2) is 8.43. The maximum absolute atomic E-state index is 10.5. The van der Waals surface area contributed by atoms with E-state index in [-0.39, 0.29) is 5.91 Å². The van der Waals surface area contributed by atoms with Crippen molar-refractivity contribution in [2.75, 3.05) is 14.2 Å². The van der Waals surface area contributed by atoms with E-state index >= 15 is 0 Å². The second-order valence-electron chi connectivity index (χ2n) is 1.43. The number of nitrogens with zero attached hydrogens (tertiary/aromatic N) is 1. The molecule has 0 aromatic carbocycles. The van der Waals surface area contributed by atoms with E-state index in [1.54, 1.807) is 14.0 Å². The van der Waals surface area contributed by atoms with Crippen molar-refractivity contribution >= 4 is 5.91 Å². The third-order valence-corrected chi connectivity index (χ3v) is 0.928. The maximum Gasteiger partial charge on any atom is 0.245 e. The molecule has 0 spiro atoms. The fourth-order valence-corrected chi connectivity index (χ4v) is 0.324. The monoisotopic (exact) mass is 147 g/mol. The van der Waals surface area contributed by atoms with Crippen molar-refractivity contribution in [1.29, 1.82) is 0 Å². The molecule has 1 amide bonds. The van der Waals surface area contributed by atoms with Crippen LogP contribution in [0.3, 0.4) is 0 Å². The highest BCUT2D eigenvalue weighted by Gasteiger charge is 2.01. The lowest BCUT2D eigenvalue weighted by Crippen LogP contribution is -2.23.